The fourth-order valence-electron chi connectivity index (χ4n) is 1.57. The number of hydrogen-bond donors (Lipinski definition) is 4. The molecule has 1 rings (SSSR count). The summed E-state index contributed by atoms with van der Waals surface area (Å²) in [5.74, 6) is -2.51. The van der Waals surface area contributed by atoms with Crippen molar-refractivity contribution in [1.29, 1.82) is 0 Å². The highest BCUT2D eigenvalue weighted by molar-refractivity contribution is 7.83. The van der Waals surface area contributed by atoms with E-state index in [0.717, 1.165) is 25.7 Å². The summed E-state index contributed by atoms with van der Waals surface area (Å²) in [4.78, 5) is 19.1. The second-order valence-electron chi connectivity index (χ2n) is 3.94. The van der Waals surface area contributed by atoms with Crippen LogP contribution in [-0.4, -0.2) is 41.2 Å². The standard InChI is InChI=1S/C6H13NO3S.C4H4O4/c8-11(9,10)7-6-4-2-1-3-5-6;5-3(6)1-2-4(7)8/h6-7H,1-5H2,(H,8,9,10);1-2H,(H,5,6)(H,7,8)/b;2-1+. The maximum atomic E-state index is 10.3. The van der Waals surface area contributed by atoms with Crippen molar-refractivity contribution >= 4 is 22.2 Å². The lowest BCUT2D eigenvalue weighted by Crippen LogP contribution is -2.35. The molecule has 0 amide bonds. The van der Waals surface area contributed by atoms with Crippen molar-refractivity contribution < 1.29 is 32.8 Å². The zero-order chi connectivity index (χ0) is 14.9. The van der Waals surface area contributed by atoms with E-state index < -0.39 is 22.2 Å². The number of rotatable bonds is 4. The Morgan fingerprint density at radius 2 is 1.42 bits per heavy atom. The first-order valence-electron chi connectivity index (χ1n) is 5.59. The van der Waals surface area contributed by atoms with Gasteiger partial charge in [0.05, 0.1) is 0 Å². The summed E-state index contributed by atoms with van der Waals surface area (Å²) in [6.07, 6.45) is 6.08. The second kappa shape index (κ2) is 8.62. The molecule has 1 aliphatic rings. The first-order valence-corrected chi connectivity index (χ1v) is 7.03. The Morgan fingerprint density at radius 1 is 1.00 bits per heavy atom. The van der Waals surface area contributed by atoms with Crippen LogP contribution in [0.2, 0.25) is 0 Å². The number of nitrogens with one attached hydrogen (secondary N) is 1. The van der Waals surface area contributed by atoms with E-state index in [1.165, 1.54) is 6.42 Å². The Morgan fingerprint density at radius 3 is 1.74 bits per heavy atom. The van der Waals surface area contributed by atoms with E-state index in [1.54, 1.807) is 0 Å². The normalized spacial score (nSPS) is 16.7. The molecular weight excluding hydrogens is 278 g/mol. The molecule has 9 heteroatoms. The molecule has 0 bridgehead atoms. The van der Waals surface area contributed by atoms with Crippen molar-refractivity contribution in [2.45, 2.75) is 38.1 Å². The average Bonchev–Trinajstić information content (AvgIpc) is 2.26. The van der Waals surface area contributed by atoms with Gasteiger partial charge in [0, 0.05) is 18.2 Å². The van der Waals surface area contributed by atoms with E-state index in [2.05, 4.69) is 4.72 Å². The maximum absolute atomic E-state index is 10.3. The zero-order valence-corrected chi connectivity index (χ0v) is 11.0. The van der Waals surface area contributed by atoms with Crippen LogP contribution in [0.1, 0.15) is 32.1 Å². The summed E-state index contributed by atoms with van der Waals surface area (Å²) in [6.45, 7) is 0. The third-order valence-corrected chi connectivity index (χ3v) is 2.92. The first-order chi connectivity index (χ1) is 8.70. The van der Waals surface area contributed by atoms with Crippen LogP contribution in [0.3, 0.4) is 0 Å². The summed E-state index contributed by atoms with van der Waals surface area (Å²) in [6, 6.07) is -0.0428. The van der Waals surface area contributed by atoms with Crippen molar-refractivity contribution in [2.75, 3.05) is 0 Å². The molecule has 0 unspecified atom stereocenters. The van der Waals surface area contributed by atoms with E-state index in [9.17, 15) is 18.0 Å². The Bertz CT molecular complexity index is 407. The summed E-state index contributed by atoms with van der Waals surface area (Å²) < 4.78 is 31.3. The molecule has 8 nitrogen and oxygen atoms in total. The highest BCUT2D eigenvalue weighted by Gasteiger charge is 2.17. The molecule has 4 N–H and O–H groups in total. The Kier molecular flexibility index (Phi) is 7.96. The highest BCUT2D eigenvalue weighted by Crippen LogP contribution is 2.17. The van der Waals surface area contributed by atoms with Gasteiger partial charge in [0.1, 0.15) is 0 Å². The fraction of sp³-hybridized carbons (Fsp3) is 0.600. The van der Waals surface area contributed by atoms with E-state index in [4.69, 9.17) is 14.8 Å². The number of carboxylic acid groups (broad SMARTS) is 2. The van der Waals surface area contributed by atoms with Gasteiger partial charge < -0.3 is 10.2 Å². The summed E-state index contributed by atoms with van der Waals surface area (Å²) in [5, 5.41) is 15.6. The van der Waals surface area contributed by atoms with Gasteiger partial charge in [-0.05, 0) is 12.8 Å². The molecule has 0 spiro atoms. The fourth-order valence-corrected chi connectivity index (χ4v) is 2.23. The van der Waals surface area contributed by atoms with Gasteiger partial charge in [-0.25, -0.2) is 9.59 Å². The number of carbonyl (C=O) groups is 2. The van der Waals surface area contributed by atoms with E-state index in [-0.39, 0.29) is 6.04 Å². The van der Waals surface area contributed by atoms with Crippen LogP contribution < -0.4 is 4.72 Å². The minimum atomic E-state index is -3.97. The number of aliphatic carboxylic acids is 2. The average molecular weight is 295 g/mol. The minimum absolute atomic E-state index is 0.0428. The molecule has 19 heavy (non-hydrogen) atoms. The molecule has 1 fully saturated rings. The molecule has 1 aliphatic carbocycles. The lowest BCUT2D eigenvalue weighted by atomic mass is 9.96. The Labute approximate surface area is 111 Å². The van der Waals surface area contributed by atoms with Crippen LogP contribution >= 0.6 is 0 Å². The molecule has 1 saturated carbocycles. The Hall–Kier alpha value is -1.45. The van der Waals surface area contributed by atoms with Gasteiger partial charge in [0.2, 0.25) is 0 Å². The van der Waals surface area contributed by atoms with E-state index >= 15 is 0 Å². The van der Waals surface area contributed by atoms with Gasteiger partial charge in [0.15, 0.2) is 0 Å². The third kappa shape index (κ3) is 12.8. The van der Waals surface area contributed by atoms with Crippen molar-refractivity contribution in [1.82, 2.24) is 4.72 Å². The zero-order valence-electron chi connectivity index (χ0n) is 10.2. The van der Waals surface area contributed by atoms with Crippen LogP contribution in [0.5, 0.6) is 0 Å². The van der Waals surface area contributed by atoms with Crippen molar-refractivity contribution in [3.05, 3.63) is 12.2 Å². The molecule has 0 radical (unpaired) electrons. The van der Waals surface area contributed by atoms with Gasteiger partial charge in [-0.3, -0.25) is 4.55 Å². The van der Waals surface area contributed by atoms with E-state index in [1.807, 2.05) is 0 Å². The van der Waals surface area contributed by atoms with E-state index in [0.29, 0.717) is 12.2 Å². The highest BCUT2D eigenvalue weighted by atomic mass is 32.2. The lowest BCUT2D eigenvalue weighted by molar-refractivity contribution is -0.134. The molecule has 0 aromatic carbocycles. The summed E-state index contributed by atoms with van der Waals surface area (Å²) in [7, 11) is -3.97. The number of carboxylic acids is 2. The van der Waals surface area contributed by atoms with Crippen molar-refractivity contribution in [3.63, 3.8) is 0 Å². The third-order valence-electron chi connectivity index (χ3n) is 2.29. The SMILES string of the molecule is O=C(O)/C=C/C(=O)O.O=S(=O)(O)NC1CCCCC1. The molecule has 0 aromatic heterocycles. The predicted octanol–water partition coefficient (Wildman–Crippen LogP) is 0.423. The van der Waals surface area contributed by atoms with Crippen LogP contribution in [0.4, 0.5) is 0 Å². The van der Waals surface area contributed by atoms with Crippen LogP contribution in [-0.2, 0) is 19.9 Å². The molecule has 0 aromatic rings. The molecular formula is C10H17NO7S. The maximum Gasteiger partial charge on any atom is 0.333 e. The monoisotopic (exact) mass is 295 g/mol. The molecule has 0 saturated heterocycles. The topological polar surface area (TPSA) is 141 Å². The van der Waals surface area contributed by atoms with Crippen LogP contribution in [0, 0.1) is 0 Å². The first kappa shape index (κ1) is 17.6. The predicted molar refractivity (Wildman–Crippen MR) is 66.0 cm³/mol. The Balaban J connectivity index is 0.000000362. The van der Waals surface area contributed by atoms with Gasteiger partial charge >= 0.3 is 22.2 Å². The van der Waals surface area contributed by atoms with Crippen LogP contribution in [0.15, 0.2) is 12.2 Å². The smallest absolute Gasteiger partial charge is 0.333 e. The van der Waals surface area contributed by atoms with Gasteiger partial charge in [-0.2, -0.15) is 13.1 Å². The molecule has 0 atom stereocenters. The van der Waals surface area contributed by atoms with Crippen molar-refractivity contribution in [3.8, 4) is 0 Å². The molecule has 110 valence electrons. The molecule has 0 heterocycles. The van der Waals surface area contributed by atoms with Gasteiger partial charge in [-0.1, -0.05) is 19.3 Å². The molecule has 0 aliphatic heterocycles. The summed E-state index contributed by atoms with van der Waals surface area (Å²) >= 11 is 0. The van der Waals surface area contributed by atoms with Crippen molar-refractivity contribution in [2.24, 2.45) is 0 Å². The van der Waals surface area contributed by atoms with Crippen LogP contribution in [0.25, 0.3) is 0 Å². The second-order valence-corrected chi connectivity index (χ2v) is 5.12. The largest absolute Gasteiger partial charge is 0.478 e. The minimum Gasteiger partial charge on any atom is -0.478 e. The van der Waals surface area contributed by atoms with Gasteiger partial charge in [0.25, 0.3) is 0 Å². The van der Waals surface area contributed by atoms with Gasteiger partial charge in [-0.15, -0.1) is 0 Å². The lowest BCUT2D eigenvalue weighted by Gasteiger charge is -2.20. The quantitative estimate of drug-likeness (QED) is 0.435. The summed E-state index contributed by atoms with van der Waals surface area (Å²) in [5.41, 5.74) is 0. The number of hydrogen-bond acceptors (Lipinski definition) is 4.